The minimum absolute atomic E-state index is 0.569. The highest BCUT2D eigenvalue weighted by Gasteiger charge is 2.09. The fourth-order valence-corrected chi connectivity index (χ4v) is 2.39. The number of aromatic nitrogens is 5. The molecule has 0 fully saturated rings. The molecule has 0 saturated carbocycles. The first kappa shape index (κ1) is 12.9. The number of aryl methyl sites for hydroxylation is 1. The van der Waals surface area contributed by atoms with Gasteiger partial charge in [0.25, 0.3) is 0 Å². The van der Waals surface area contributed by atoms with Crippen LogP contribution in [-0.4, -0.2) is 25.3 Å². The van der Waals surface area contributed by atoms with Gasteiger partial charge in [-0.1, -0.05) is 47.3 Å². The van der Waals surface area contributed by atoms with E-state index in [1.54, 1.807) is 0 Å². The summed E-state index contributed by atoms with van der Waals surface area (Å²) in [5.74, 6) is 2.64. The van der Waals surface area contributed by atoms with E-state index in [2.05, 4.69) is 25.3 Å². The Hall–Kier alpha value is -2.15. The van der Waals surface area contributed by atoms with E-state index in [4.69, 9.17) is 4.52 Å². The minimum Gasteiger partial charge on any atom is -0.338 e. The van der Waals surface area contributed by atoms with Gasteiger partial charge in [0.05, 0.1) is 5.75 Å². The van der Waals surface area contributed by atoms with Crippen molar-refractivity contribution in [2.75, 3.05) is 0 Å². The van der Waals surface area contributed by atoms with E-state index in [0.29, 0.717) is 29.0 Å². The lowest BCUT2D eigenvalue weighted by atomic mass is 10.1. The van der Waals surface area contributed by atoms with Crippen LogP contribution in [0.5, 0.6) is 0 Å². The predicted molar refractivity (Wildman–Crippen MR) is 74.2 cm³/mol. The fourth-order valence-electron chi connectivity index (χ4n) is 1.71. The lowest BCUT2D eigenvalue weighted by Crippen LogP contribution is -1.90. The maximum Gasteiger partial charge on any atom is 0.237 e. The number of rotatable bonds is 5. The highest BCUT2D eigenvalue weighted by molar-refractivity contribution is 7.98. The molecule has 7 heteroatoms. The van der Waals surface area contributed by atoms with Gasteiger partial charge in [0.2, 0.25) is 11.0 Å². The Morgan fingerprint density at radius 1 is 1.20 bits per heavy atom. The van der Waals surface area contributed by atoms with E-state index >= 15 is 0 Å². The van der Waals surface area contributed by atoms with Gasteiger partial charge in [0.1, 0.15) is 5.82 Å². The zero-order chi connectivity index (χ0) is 13.8. The molecule has 0 unspecified atom stereocenters. The number of aromatic amines is 1. The van der Waals surface area contributed by atoms with Crippen molar-refractivity contribution in [2.45, 2.75) is 24.3 Å². The summed E-state index contributed by atoms with van der Waals surface area (Å²) in [5.41, 5.74) is 1.16. The van der Waals surface area contributed by atoms with Crippen molar-refractivity contribution >= 4 is 11.8 Å². The molecule has 0 bridgehead atoms. The van der Waals surface area contributed by atoms with Gasteiger partial charge in [-0.25, -0.2) is 4.98 Å². The number of H-pyrrole nitrogens is 1. The van der Waals surface area contributed by atoms with Crippen LogP contribution >= 0.6 is 11.8 Å². The smallest absolute Gasteiger partial charge is 0.237 e. The average molecular weight is 287 g/mol. The van der Waals surface area contributed by atoms with Crippen molar-refractivity contribution in [3.05, 3.63) is 53.4 Å². The lowest BCUT2D eigenvalue weighted by Gasteiger charge is -1.94. The number of thioether (sulfide) groups is 1. The van der Waals surface area contributed by atoms with Crippen LogP contribution < -0.4 is 0 Å². The largest absolute Gasteiger partial charge is 0.338 e. The van der Waals surface area contributed by atoms with Crippen LogP contribution in [0.25, 0.3) is 0 Å². The van der Waals surface area contributed by atoms with Crippen molar-refractivity contribution < 1.29 is 4.52 Å². The first-order valence-corrected chi connectivity index (χ1v) is 7.15. The molecule has 2 aromatic heterocycles. The molecule has 3 aromatic rings. The predicted octanol–water partition coefficient (Wildman–Crippen LogP) is 2.38. The third kappa shape index (κ3) is 3.24. The molecule has 0 aliphatic heterocycles. The highest BCUT2D eigenvalue weighted by atomic mass is 32.2. The normalized spacial score (nSPS) is 10.8. The third-order valence-corrected chi connectivity index (χ3v) is 3.45. The second kappa shape index (κ2) is 5.87. The minimum atomic E-state index is 0.569. The zero-order valence-corrected chi connectivity index (χ0v) is 11.7. The van der Waals surface area contributed by atoms with Crippen LogP contribution in [0, 0.1) is 6.92 Å². The van der Waals surface area contributed by atoms with E-state index in [0.717, 1.165) is 11.4 Å². The Morgan fingerprint density at radius 3 is 2.80 bits per heavy atom. The summed E-state index contributed by atoms with van der Waals surface area (Å²) in [6.07, 6.45) is 0.675. The summed E-state index contributed by atoms with van der Waals surface area (Å²) in [6, 6.07) is 10.1. The average Bonchev–Trinajstić information content (AvgIpc) is 3.07. The topological polar surface area (TPSA) is 80.5 Å². The molecule has 102 valence electrons. The first-order valence-electron chi connectivity index (χ1n) is 6.17. The maximum atomic E-state index is 5.22. The Morgan fingerprint density at radius 2 is 2.05 bits per heavy atom. The molecule has 0 saturated heterocycles. The molecule has 0 aliphatic carbocycles. The molecule has 0 amide bonds. The zero-order valence-electron chi connectivity index (χ0n) is 10.9. The molecule has 0 atom stereocenters. The molecule has 0 aliphatic rings. The maximum absolute atomic E-state index is 5.22. The quantitative estimate of drug-likeness (QED) is 0.726. The van der Waals surface area contributed by atoms with Crippen LogP contribution in [0.4, 0.5) is 0 Å². The van der Waals surface area contributed by atoms with Crippen LogP contribution in [0.3, 0.4) is 0 Å². The van der Waals surface area contributed by atoms with Gasteiger partial charge in [0, 0.05) is 6.42 Å². The lowest BCUT2D eigenvalue weighted by molar-refractivity contribution is 0.385. The SMILES string of the molecule is Cc1nc(SCc2nc(Cc3ccccc3)no2)n[nH]1. The molecule has 0 radical (unpaired) electrons. The molecular weight excluding hydrogens is 274 g/mol. The molecule has 20 heavy (non-hydrogen) atoms. The summed E-state index contributed by atoms with van der Waals surface area (Å²) < 4.78 is 5.22. The van der Waals surface area contributed by atoms with Gasteiger partial charge >= 0.3 is 0 Å². The van der Waals surface area contributed by atoms with Gasteiger partial charge in [-0.3, -0.25) is 5.10 Å². The van der Waals surface area contributed by atoms with Gasteiger partial charge in [0.15, 0.2) is 5.82 Å². The van der Waals surface area contributed by atoms with E-state index in [9.17, 15) is 0 Å². The van der Waals surface area contributed by atoms with E-state index in [-0.39, 0.29) is 0 Å². The van der Waals surface area contributed by atoms with Gasteiger partial charge in [-0.15, -0.1) is 5.10 Å². The van der Waals surface area contributed by atoms with Gasteiger partial charge < -0.3 is 4.52 Å². The number of nitrogens with one attached hydrogen (secondary N) is 1. The molecule has 2 heterocycles. The molecule has 1 N–H and O–H groups in total. The van der Waals surface area contributed by atoms with Crippen LogP contribution in [0.2, 0.25) is 0 Å². The molecular formula is C13H13N5OS. The molecule has 1 aromatic carbocycles. The Labute approximate surface area is 120 Å². The standard InChI is InChI=1S/C13H13N5OS/c1-9-14-13(17-16-9)20-8-12-15-11(18-19-12)7-10-5-3-2-4-6-10/h2-6H,7-8H2,1H3,(H,14,16,17). The van der Waals surface area contributed by atoms with Gasteiger partial charge in [-0.05, 0) is 12.5 Å². The summed E-state index contributed by atoms with van der Waals surface area (Å²) >= 11 is 1.46. The summed E-state index contributed by atoms with van der Waals surface area (Å²) in [4.78, 5) is 8.57. The Balaban J connectivity index is 1.59. The summed E-state index contributed by atoms with van der Waals surface area (Å²) in [7, 11) is 0. The Kier molecular flexibility index (Phi) is 3.78. The van der Waals surface area contributed by atoms with Crippen molar-refractivity contribution in [3.8, 4) is 0 Å². The molecule has 3 rings (SSSR count). The van der Waals surface area contributed by atoms with Gasteiger partial charge in [-0.2, -0.15) is 4.98 Å². The van der Waals surface area contributed by atoms with Crippen LogP contribution in [0.1, 0.15) is 23.1 Å². The molecule has 6 nitrogen and oxygen atoms in total. The van der Waals surface area contributed by atoms with Crippen molar-refractivity contribution in [2.24, 2.45) is 0 Å². The monoisotopic (exact) mass is 287 g/mol. The second-order valence-corrected chi connectivity index (χ2v) is 5.20. The highest BCUT2D eigenvalue weighted by Crippen LogP contribution is 2.18. The summed E-state index contributed by atoms with van der Waals surface area (Å²) in [6.45, 7) is 1.86. The van der Waals surface area contributed by atoms with E-state index in [1.165, 1.54) is 11.8 Å². The fraction of sp³-hybridized carbons (Fsp3) is 0.231. The van der Waals surface area contributed by atoms with E-state index < -0.39 is 0 Å². The summed E-state index contributed by atoms with van der Waals surface area (Å²) in [5, 5.41) is 11.5. The number of hydrogen-bond acceptors (Lipinski definition) is 6. The third-order valence-electron chi connectivity index (χ3n) is 2.62. The number of benzene rings is 1. The van der Waals surface area contributed by atoms with Crippen molar-refractivity contribution in [1.82, 2.24) is 25.3 Å². The van der Waals surface area contributed by atoms with Crippen molar-refractivity contribution in [1.29, 1.82) is 0 Å². The number of nitrogens with zero attached hydrogens (tertiary/aromatic N) is 4. The van der Waals surface area contributed by atoms with Crippen molar-refractivity contribution in [3.63, 3.8) is 0 Å². The second-order valence-electron chi connectivity index (χ2n) is 4.26. The molecule has 0 spiro atoms. The Bertz CT molecular complexity index is 679. The van der Waals surface area contributed by atoms with Crippen LogP contribution in [-0.2, 0) is 12.2 Å². The number of hydrogen-bond donors (Lipinski definition) is 1. The first-order chi connectivity index (χ1) is 9.79. The van der Waals surface area contributed by atoms with E-state index in [1.807, 2.05) is 37.3 Å². The van der Waals surface area contributed by atoms with Crippen LogP contribution in [0.15, 0.2) is 40.0 Å².